The van der Waals surface area contributed by atoms with E-state index in [1.165, 1.54) is 18.2 Å². The summed E-state index contributed by atoms with van der Waals surface area (Å²) in [5, 5.41) is 9.13. The van der Waals surface area contributed by atoms with Crippen molar-refractivity contribution in [3.05, 3.63) is 29.8 Å². The van der Waals surface area contributed by atoms with Crippen LogP contribution in [-0.2, 0) is 19.6 Å². The third-order valence-electron chi connectivity index (χ3n) is 2.51. The zero-order valence-corrected chi connectivity index (χ0v) is 12.1. The number of nitrogens with one attached hydrogen (secondary N) is 1. The Kier molecular flexibility index (Phi) is 5.67. The first-order valence-electron chi connectivity index (χ1n) is 6.12. The molecule has 0 fully saturated rings. The molecule has 0 spiro atoms. The van der Waals surface area contributed by atoms with E-state index in [-0.39, 0.29) is 23.6 Å². The molecule has 0 aliphatic heterocycles. The van der Waals surface area contributed by atoms with Gasteiger partial charge in [-0.05, 0) is 13.0 Å². The van der Waals surface area contributed by atoms with E-state index < -0.39 is 21.9 Å². The van der Waals surface area contributed by atoms with Gasteiger partial charge in [0.1, 0.15) is 0 Å². The van der Waals surface area contributed by atoms with Crippen molar-refractivity contribution in [2.75, 3.05) is 13.2 Å². The Morgan fingerprint density at radius 3 is 2.60 bits per heavy atom. The van der Waals surface area contributed by atoms with E-state index >= 15 is 0 Å². The average molecular weight is 296 g/mol. The summed E-state index contributed by atoms with van der Waals surface area (Å²) in [6.07, 6.45) is 0. The van der Waals surface area contributed by atoms with Gasteiger partial charge in [-0.1, -0.05) is 25.1 Å². The van der Waals surface area contributed by atoms with Gasteiger partial charge in [-0.3, -0.25) is 4.79 Å². The van der Waals surface area contributed by atoms with Crippen LogP contribution >= 0.6 is 0 Å². The fraction of sp³-hybridized carbons (Fsp3) is 0.385. The molecular weight excluding hydrogens is 280 g/mol. The number of hydrogen-bond donors (Lipinski definition) is 1. The summed E-state index contributed by atoms with van der Waals surface area (Å²) in [4.78, 5) is 11.7. The monoisotopic (exact) mass is 296 g/mol. The van der Waals surface area contributed by atoms with Gasteiger partial charge in [-0.25, -0.2) is 13.1 Å². The van der Waals surface area contributed by atoms with Gasteiger partial charge in [-0.2, -0.15) is 5.26 Å². The molecule has 1 aromatic rings. The number of ether oxygens (including phenoxy) is 1. The molecule has 108 valence electrons. The third-order valence-corrected chi connectivity index (χ3v) is 4.12. The lowest BCUT2D eigenvalue weighted by molar-refractivity contribution is -0.143. The van der Waals surface area contributed by atoms with Crippen LogP contribution in [-0.4, -0.2) is 27.5 Å². The predicted octanol–water partition coefficient (Wildman–Crippen LogP) is 1.16. The molecule has 1 atom stereocenters. The van der Waals surface area contributed by atoms with Gasteiger partial charge >= 0.3 is 5.97 Å². The van der Waals surface area contributed by atoms with Gasteiger partial charge in [0.15, 0.2) is 5.92 Å². The highest BCUT2D eigenvalue weighted by Gasteiger charge is 2.28. The van der Waals surface area contributed by atoms with Gasteiger partial charge in [0, 0.05) is 12.1 Å². The minimum Gasteiger partial charge on any atom is -0.465 e. The molecule has 0 radical (unpaired) electrons. The Balaban J connectivity index is 3.32. The molecule has 1 rings (SSSR count). The van der Waals surface area contributed by atoms with Crippen molar-refractivity contribution < 1.29 is 17.9 Å². The molecule has 0 saturated heterocycles. The molecular formula is C13H16N2O4S. The van der Waals surface area contributed by atoms with Crippen molar-refractivity contribution in [3.8, 4) is 6.07 Å². The number of nitriles is 1. The Morgan fingerprint density at radius 2 is 2.05 bits per heavy atom. The van der Waals surface area contributed by atoms with Crippen molar-refractivity contribution in [1.82, 2.24) is 4.72 Å². The van der Waals surface area contributed by atoms with E-state index in [9.17, 15) is 13.2 Å². The highest BCUT2D eigenvalue weighted by molar-refractivity contribution is 7.89. The maximum atomic E-state index is 12.1. The van der Waals surface area contributed by atoms with Crippen molar-refractivity contribution in [2.24, 2.45) is 0 Å². The lowest BCUT2D eigenvalue weighted by atomic mass is 10.0. The van der Waals surface area contributed by atoms with Crippen molar-refractivity contribution >= 4 is 16.0 Å². The zero-order chi connectivity index (χ0) is 15.2. The van der Waals surface area contributed by atoms with Crippen LogP contribution in [0.3, 0.4) is 0 Å². The second-order valence-corrected chi connectivity index (χ2v) is 5.59. The summed E-state index contributed by atoms with van der Waals surface area (Å²) in [7, 11) is -3.75. The van der Waals surface area contributed by atoms with Crippen molar-refractivity contribution in [1.29, 1.82) is 5.26 Å². The third kappa shape index (κ3) is 3.56. The number of carbonyl (C=O) groups excluding carboxylic acids is 1. The highest BCUT2D eigenvalue weighted by atomic mass is 32.2. The average Bonchev–Trinajstić information content (AvgIpc) is 2.40. The number of benzene rings is 1. The largest absolute Gasteiger partial charge is 0.465 e. The summed E-state index contributed by atoms with van der Waals surface area (Å²) in [5.41, 5.74) is 0.120. The standard InChI is InChI=1S/C13H16N2O4S/c1-3-15-20(17,18)12-8-6-5-7-10(12)11(9-14)13(16)19-4-2/h5-8,11,15H,3-4H2,1-2H3. The van der Waals surface area contributed by atoms with Crippen molar-refractivity contribution in [3.63, 3.8) is 0 Å². The van der Waals surface area contributed by atoms with Gasteiger partial charge in [-0.15, -0.1) is 0 Å². The number of carbonyl (C=O) groups is 1. The van der Waals surface area contributed by atoms with Gasteiger partial charge in [0.25, 0.3) is 0 Å². The molecule has 0 aromatic heterocycles. The summed E-state index contributed by atoms with van der Waals surface area (Å²) in [5.74, 6) is -2.02. The molecule has 1 N–H and O–H groups in total. The van der Waals surface area contributed by atoms with Gasteiger partial charge in [0.05, 0.1) is 17.6 Å². The molecule has 0 saturated carbocycles. The minimum atomic E-state index is -3.75. The van der Waals surface area contributed by atoms with Crippen molar-refractivity contribution in [2.45, 2.75) is 24.7 Å². The molecule has 0 bridgehead atoms. The molecule has 6 nitrogen and oxygen atoms in total. The molecule has 20 heavy (non-hydrogen) atoms. The predicted molar refractivity (Wildman–Crippen MR) is 72.3 cm³/mol. The lowest BCUT2D eigenvalue weighted by Gasteiger charge is -2.13. The van der Waals surface area contributed by atoms with Crippen LogP contribution in [0.25, 0.3) is 0 Å². The molecule has 1 aromatic carbocycles. The quantitative estimate of drug-likeness (QED) is 0.794. The molecule has 0 aliphatic carbocycles. The minimum absolute atomic E-state index is 0.0820. The number of sulfonamides is 1. The number of nitrogens with zero attached hydrogens (tertiary/aromatic N) is 1. The molecule has 7 heteroatoms. The lowest BCUT2D eigenvalue weighted by Crippen LogP contribution is -2.26. The smallest absolute Gasteiger partial charge is 0.327 e. The van der Waals surface area contributed by atoms with Gasteiger partial charge < -0.3 is 4.74 Å². The van der Waals surface area contributed by atoms with Crippen LogP contribution in [0.15, 0.2) is 29.2 Å². The molecule has 0 heterocycles. The summed E-state index contributed by atoms with van der Waals surface area (Å²) < 4.78 is 31.3. The van der Waals surface area contributed by atoms with E-state index in [4.69, 9.17) is 10.00 Å². The normalized spacial score (nSPS) is 12.4. The number of rotatable bonds is 6. The van der Waals surface area contributed by atoms with E-state index in [1.807, 2.05) is 0 Å². The molecule has 1 unspecified atom stereocenters. The highest BCUT2D eigenvalue weighted by Crippen LogP contribution is 2.24. The number of hydrogen-bond acceptors (Lipinski definition) is 5. The first-order valence-corrected chi connectivity index (χ1v) is 7.61. The Morgan fingerprint density at radius 1 is 1.40 bits per heavy atom. The fourth-order valence-corrected chi connectivity index (χ4v) is 3.00. The Bertz CT molecular complexity index is 620. The Labute approximate surface area is 118 Å². The molecule has 0 aliphatic rings. The van der Waals surface area contributed by atoms with E-state index in [2.05, 4.69) is 4.72 Å². The second-order valence-electron chi connectivity index (χ2n) is 3.85. The topological polar surface area (TPSA) is 96.3 Å². The fourth-order valence-electron chi connectivity index (χ4n) is 1.71. The molecule has 0 amide bonds. The van der Waals surface area contributed by atoms with Gasteiger partial charge in [0.2, 0.25) is 10.0 Å². The van der Waals surface area contributed by atoms with Crippen LogP contribution < -0.4 is 4.72 Å². The van der Waals surface area contributed by atoms with E-state index in [0.717, 1.165) is 0 Å². The SMILES string of the molecule is CCNS(=O)(=O)c1ccccc1C(C#N)C(=O)OCC. The van der Waals surface area contributed by atoms with Crippen LogP contribution in [0.1, 0.15) is 25.3 Å². The Hall–Kier alpha value is -1.91. The summed E-state index contributed by atoms with van der Waals surface area (Å²) in [6, 6.07) is 7.70. The van der Waals surface area contributed by atoms with Crippen LogP contribution in [0.2, 0.25) is 0 Å². The van der Waals surface area contributed by atoms with E-state index in [1.54, 1.807) is 26.0 Å². The number of esters is 1. The first-order chi connectivity index (χ1) is 9.47. The maximum absolute atomic E-state index is 12.1. The van der Waals surface area contributed by atoms with Crippen LogP contribution in [0.5, 0.6) is 0 Å². The van der Waals surface area contributed by atoms with Crippen LogP contribution in [0.4, 0.5) is 0 Å². The first kappa shape index (κ1) is 16.1. The summed E-state index contributed by atoms with van der Waals surface area (Å²) >= 11 is 0. The summed E-state index contributed by atoms with van der Waals surface area (Å²) in [6.45, 7) is 3.60. The van der Waals surface area contributed by atoms with E-state index in [0.29, 0.717) is 0 Å². The van der Waals surface area contributed by atoms with Crippen LogP contribution in [0, 0.1) is 11.3 Å². The maximum Gasteiger partial charge on any atom is 0.327 e. The second kappa shape index (κ2) is 7.03. The zero-order valence-electron chi connectivity index (χ0n) is 11.3.